The van der Waals surface area contributed by atoms with Crippen LogP contribution in [0.5, 0.6) is 0 Å². The molecule has 2 nitrogen and oxygen atoms in total. The molecule has 0 aromatic heterocycles. The van der Waals surface area contributed by atoms with Gasteiger partial charge in [0.05, 0.1) is 0 Å². The highest BCUT2D eigenvalue weighted by molar-refractivity contribution is 5.66. The van der Waals surface area contributed by atoms with Gasteiger partial charge in [-0.2, -0.15) is 0 Å². The van der Waals surface area contributed by atoms with Crippen LogP contribution in [0.4, 0.5) is 0 Å². The van der Waals surface area contributed by atoms with E-state index in [2.05, 4.69) is 0 Å². The number of rotatable bonds is 5. The molecule has 0 radical (unpaired) electrons. The summed E-state index contributed by atoms with van der Waals surface area (Å²) >= 11 is 0. The minimum atomic E-state index is 0.365. The largest absolute Gasteiger partial charge is 0.299 e. The zero-order valence-corrected chi connectivity index (χ0v) is 8.46. The van der Waals surface area contributed by atoms with E-state index in [0.29, 0.717) is 17.9 Å². The van der Waals surface area contributed by atoms with Gasteiger partial charge < -0.3 is 0 Å². The molecule has 0 heterocycles. The van der Waals surface area contributed by atoms with Crippen molar-refractivity contribution >= 4 is 12.2 Å². The van der Waals surface area contributed by atoms with Crippen molar-refractivity contribution in [3.05, 3.63) is 17.2 Å². The van der Waals surface area contributed by atoms with Crippen molar-refractivity contribution in [2.45, 2.75) is 33.6 Å². The lowest BCUT2D eigenvalue weighted by Gasteiger charge is -2.08. The molecule has 0 atom stereocenters. The molecule has 0 unspecified atom stereocenters. The Morgan fingerprint density at radius 2 is 2.00 bits per heavy atom. The third-order valence-corrected chi connectivity index (χ3v) is 1.99. The molecule has 0 aromatic rings. The molecule has 0 spiro atoms. The van der Waals surface area contributed by atoms with Gasteiger partial charge in [0, 0.05) is 5.57 Å². The van der Waals surface area contributed by atoms with Crippen LogP contribution in [0.3, 0.4) is 0 Å². The van der Waals surface area contributed by atoms with Crippen LogP contribution in [0.15, 0.2) is 17.2 Å². The van der Waals surface area contributed by atoms with Gasteiger partial charge in [0.25, 0.3) is 0 Å². The number of allylic oxidation sites excluding steroid dienone is 3. The summed E-state index contributed by atoms with van der Waals surface area (Å²) in [6, 6.07) is 0. The Labute approximate surface area is 79.3 Å². The van der Waals surface area contributed by atoms with E-state index in [0.717, 1.165) is 18.3 Å². The Morgan fingerprint density at radius 3 is 2.38 bits per heavy atom. The molecular weight excluding hydrogens is 164 g/mol. The third-order valence-electron chi connectivity index (χ3n) is 1.99. The smallest absolute Gasteiger partial charge is 0.142 e. The van der Waals surface area contributed by atoms with Gasteiger partial charge in [0.2, 0.25) is 0 Å². The van der Waals surface area contributed by atoms with E-state index < -0.39 is 0 Å². The van der Waals surface area contributed by atoms with Crippen molar-refractivity contribution in [2.24, 2.45) is 5.92 Å². The van der Waals surface area contributed by atoms with Gasteiger partial charge in [-0.25, -0.2) is 4.79 Å². The molecule has 13 heavy (non-hydrogen) atoms. The number of hydrogen-bond donors (Lipinski definition) is 0. The summed E-state index contributed by atoms with van der Waals surface area (Å²) in [4.78, 5) is 20.5. The zero-order chi connectivity index (χ0) is 10.3. The molecular formula is C11H16O2. The second-order valence-corrected chi connectivity index (χ2v) is 3.41. The van der Waals surface area contributed by atoms with Gasteiger partial charge in [-0.15, -0.1) is 0 Å². The Bertz CT molecular complexity index is 243. The molecule has 0 aliphatic rings. The van der Waals surface area contributed by atoms with Crippen molar-refractivity contribution in [1.82, 2.24) is 0 Å². The maximum absolute atomic E-state index is 10.3. The number of aldehydes is 1. The Hall–Kier alpha value is -1.14. The molecule has 0 aromatic carbocycles. The fourth-order valence-electron chi connectivity index (χ4n) is 1.03. The van der Waals surface area contributed by atoms with Crippen LogP contribution in [0, 0.1) is 5.92 Å². The highest BCUT2D eigenvalue weighted by Gasteiger charge is 2.03. The minimum absolute atomic E-state index is 0.365. The van der Waals surface area contributed by atoms with E-state index in [1.807, 2.05) is 19.8 Å². The van der Waals surface area contributed by atoms with Crippen molar-refractivity contribution in [3.8, 4) is 0 Å². The Kier molecular flexibility index (Phi) is 5.82. The lowest BCUT2D eigenvalue weighted by atomic mass is 9.96. The van der Waals surface area contributed by atoms with Crippen LogP contribution in [0.2, 0.25) is 0 Å². The number of hydrogen-bond acceptors (Lipinski definition) is 2. The van der Waals surface area contributed by atoms with E-state index in [1.165, 1.54) is 0 Å². The summed E-state index contributed by atoms with van der Waals surface area (Å²) in [5, 5.41) is 0. The van der Waals surface area contributed by atoms with Crippen LogP contribution < -0.4 is 0 Å². The molecule has 0 aliphatic heterocycles. The maximum atomic E-state index is 10.3. The lowest BCUT2D eigenvalue weighted by Crippen LogP contribution is -1.95. The molecule has 0 amide bonds. The average molecular weight is 180 g/mol. The Balaban J connectivity index is 4.21. The van der Waals surface area contributed by atoms with E-state index in [9.17, 15) is 9.59 Å². The maximum Gasteiger partial charge on any atom is 0.142 e. The monoisotopic (exact) mass is 180 g/mol. The van der Waals surface area contributed by atoms with E-state index in [-0.39, 0.29) is 0 Å². The second-order valence-electron chi connectivity index (χ2n) is 3.41. The summed E-state index contributed by atoms with van der Waals surface area (Å²) in [6.45, 7) is 5.83. The van der Waals surface area contributed by atoms with Crippen LogP contribution in [-0.4, -0.2) is 12.2 Å². The van der Waals surface area contributed by atoms with E-state index in [4.69, 9.17) is 0 Å². The molecule has 72 valence electrons. The summed E-state index contributed by atoms with van der Waals surface area (Å²) < 4.78 is 0. The molecule has 0 saturated carbocycles. The fraction of sp³-hybridized carbons (Fsp3) is 0.545. The van der Waals surface area contributed by atoms with Crippen molar-refractivity contribution in [3.63, 3.8) is 0 Å². The van der Waals surface area contributed by atoms with Gasteiger partial charge in [0.1, 0.15) is 12.2 Å². The van der Waals surface area contributed by atoms with Gasteiger partial charge in [-0.3, -0.25) is 4.79 Å². The van der Waals surface area contributed by atoms with Crippen LogP contribution in [0.1, 0.15) is 33.6 Å². The summed E-state index contributed by atoms with van der Waals surface area (Å²) in [5.41, 5.74) is 1.79. The predicted molar refractivity (Wildman–Crippen MR) is 53.1 cm³/mol. The van der Waals surface area contributed by atoms with Crippen molar-refractivity contribution in [1.29, 1.82) is 0 Å². The molecule has 0 saturated heterocycles. The zero-order valence-electron chi connectivity index (χ0n) is 8.46. The first-order valence-corrected chi connectivity index (χ1v) is 4.46. The third kappa shape index (κ3) is 5.15. The van der Waals surface area contributed by atoms with Gasteiger partial charge in [-0.05, 0) is 31.8 Å². The minimum Gasteiger partial charge on any atom is -0.299 e. The van der Waals surface area contributed by atoms with E-state index in [1.54, 1.807) is 13.0 Å². The summed E-state index contributed by atoms with van der Waals surface area (Å²) in [5.74, 6) is 2.22. The number of carbonyl (C=O) groups is 1. The molecule has 0 N–H and O–H groups in total. The van der Waals surface area contributed by atoms with Gasteiger partial charge in [0.15, 0.2) is 0 Å². The first kappa shape index (κ1) is 11.9. The van der Waals surface area contributed by atoms with Crippen molar-refractivity contribution < 1.29 is 9.59 Å². The van der Waals surface area contributed by atoms with Crippen molar-refractivity contribution in [2.75, 3.05) is 0 Å². The summed E-state index contributed by atoms with van der Waals surface area (Å²) in [7, 11) is 0. The first-order valence-electron chi connectivity index (χ1n) is 4.46. The van der Waals surface area contributed by atoms with Crippen LogP contribution in [-0.2, 0) is 9.59 Å². The molecule has 0 bridgehead atoms. The fourth-order valence-corrected chi connectivity index (χ4v) is 1.03. The van der Waals surface area contributed by atoms with E-state index >= 15 is 0 Å². The summed E-state index contributed by atoms with van der Waals surface area (Å²) in [6.07, 6.45) is 3.86. The Morgan fingerprint density at radius 1 is 1.38 bits per heavy atom. The SMILES string of the molecule is CC(=C=O)CCC(=CC=O)C(C)C. The highest BCUT2D eigenvalue weighted by atomic mass is 16.1. The molecule has 0 aliphatic carbocycles. The van der Waals surface area contributed by atoms with Gasteiger partial charge >= 0.3 is 0 Å². The topological polar surface area (TPSA) is 34.1 Å². The van der Waals surface area contributed by atoms with Crippen LogP contribution >= 0.6 is 0 Å². The standard InChI is InChI=1S/C11H16O2/c1-9(2)11(6-7-12)5-4-10(3)8-13/h6-7,9H,4-5H2,1-3H3. The quantitative estimate of drug-likeness (QED) is 0.369. The first-order chi connectivity index (χ1) is 6.11. The van der Waals surface area contributed by atoms with Gasteiger partial charge in [-0.1, -0.05) is 19.4 Å². The number of carbonyl (C=O) groups excluding carboxylic acids is 2. The molecule has 2 heteroatoms. The predicted octanol–water partition coefficient (Wildman–Crippen LogP) is 2.33. The normalized spacial score (nSPS) is 11.2. The second kappa shape index (κ2) is 6.38. The van der Waals surface area contributed by atoms with Crippen LogP contribution in [0.25, 0.3) is 0 Å². The lowest BCUT2D eigenvalue weighted by molar-refractivity contribution is -0.104. The average Bonchev–Trinajstić information content (AvgIpc) is 2.11. The molecule has 0 fully saturated rings. The highest BCUT2D eigenvalue weighted by Crippen LogP contribution is 2.17. The molecule has 0 rings (SSSR count).